The van der Waals surface area contributed by atoms with E-state index >= 15 is 0 Å². The number of nitrogens with zero attached hydrogens (tertiary/aromatic N) is 5. The van der Waals surface area contributed by atoms with Crippen molar-refractivity contribution in [3.63, 3.8) is 0 Å². The maximum absolute atomic E-state index is 13.0. The van der Waals surface area contributed by atoms with Gasteiger partial charge in [0.2, 0.25) is 4.96 Å². The Labute approximate surface area is 156 Å². The summed E-state index contributed by atoms with van der Waals surface area (Å²) < 4.78 is 1.86. The van der Waals surface area contributed by atoms with Gasteiger partial charge in [0.1, 0.15) is 5.01 Å². The molecule has 4 rings (SSSR count). The van der Waals surface area contributed by atoms with Crippen molar-refractivity contribution >= 4 is 22.2 Å². The van der Waals surface area contributed by atoms with Crippen LogP contribution in [0, 0.1) is 5.92 Å². The van der Waals surface area contributed by atoms with Crippen LogP contribution in [0.4, 0.5) is 0 Å². The quantitative estimate of drug-likeness (QED) is 0.702. The summed E-state index contributed by atoms with van der Waals surface area (Å²) in [6.45, 7) is 5.10. The van der Waals surface area contributed by atoms with Gasteiger partial charge in [-0.3, -0.25) is 4.79 Å². The van der Waals surface area contributed by atoms with E-state index in [-0.39, 0.29) is 11.9 Å². The molecule has 6 nitrogen and oxygen atoms in total. The number of fused-ring (bicyclic) bond motifs is 1. The van der Waals surface area contributed by atoms with Crippen molar-refractivity contribution in [2.45, 2.75) is 45.6 Å². The van der Waals surface area contributed by atoms with E-state index in [2.05, 4.69) is 24.0 Å². The number of rotatable bonds is 4. The minimum absolute atomic E-state index is 0.0232. The highest BCUT2D eigenvalue weighted by molar-refractivity contribution is 7.16. The first-order valence-corrected chi connectivity index (χ1v) is 10.0. The molecule has 26 heavy (non-hydrogen) atoms. The molecule has 0 radical (unpaired) electrons. The molecule has 1 aromatic carbocycles. The average Bonchev–Trinajstić information content (AvgIpc) is 3.23. The molecule has 7 heteroatoms. The summed E-state index contributed by atoms with van der Waals surface area (Å²) in [4.78, 5) is 15.8. The zero-order valence-electron chi connectivity index (χ0n) is 15.1. The SMILES string of the molecule is CC(C)Cc1nnc2sc(C3CCCCN3C(=O)c3ccccc3)nn12. The minimum atomic E-state index is 0.0232. The molecule has 1 saturated heterocycles. The maximum atomic E-state index is 13.0. The first-order valence-electron chi connectivity index (χ1n) is 9.20. The van der Waals surface area contributed by atoms with Crippen molar-refractivity contribution in [1.29, 1.82) is 0 Å². The van der Waals surface area contributed by atoms with Gasteiger partial charge < -0.3 is 4.90 Å². The Morgan fingerprint density at radius 2 is 2.04 bits per heavy atom. The molecule has 0 N–H and O–H groups in total. The molecule has 1 aliphatic heterocycles. The van der Waals surface area contributed by atoms with E-state index in [0.717, 1.165) is 53.6 Å². The van der Waals surface area contributed by atoms with Crippen LogP contribution in [-0.2, 0) is 6.42 Å². The molecule has 136 valence electrons. The van der Waals surface area contributed by atoms with Gasteiger partial charge in [-0.25, -0.2) is 0 Å². The Morgan fingerprint density at radius 1 is 1.23 bits per heavy atom. The number of benzene rings is 1. The number of piperidine rings is 1. The number of hydrogen-bond donors (Lipinski definition) is 0. The van der Waals surface area contributed by atoms with Crippen LogP contribution >= 0.6 is 11.3 Å². The van der Waals surface area contributed by atoms with Crippen molar-refractivity contribution in [2.24, 2.45) is 5.92 Å². The molecular weight excluding hydrogens is 346 g/mol. The Hall–Kier alpha value is -2.28. The zero-order valence-corrected chi connectivity index (χ0v) is 15.9. The number of likely N-dealkylation sites (tertiary alicyclic amines) is 1. The van der Waals surface area contributed by atoms with Gasteiger partial charge in [0, 0.05) is 18.5 Å². The van der Waals surface area contributed by atoms with E-state index in [1.165, 1.54) is 0 Å². The second kappa shape index (κ2) is 7.15. The average molecular weight is 369 g/mol. The molecule has 1 aliphatic rings. The molecule has 0 spiro atoms. The first kappa shape index (κ1) is 17.1. The predicted octanol–water partition coefficient (Wildman–Crippen LogP) is 3.75. The Kier molecular flexibility index (Phi) is 4.72. The largest absolute Gasteiger partial charge is 0.329 e. The smallest absolute Gasteiger partial charge is 0.254 e. The van der Waals surface area contributed by atoms with Crippen LogP contribution < -0.4 is 0 Å². The Bertz CT molecular complexity index is 901. The van der Waals surface area contributed by atoms with E-state index < -0.39 is 0 Å². The van der Waals surface area contributed by atoms with Crippen LogP contribution in [0.15, 0.2) is 30.3 Å². The summed E-state index contributed by atoms with van der Waals surface area (Å²) in [5.41, 5.74) is 0.739. The van der Waals surface area contributed by atoms with Crippen molar-refractivity contribution < 1.29 is 4.79 Å². The van der Waals surface area contributed by atoms with Gasteiger partial charge in [0.15, 0.2) is 5.82 Å². The Morgan fingerprint density at radius 3 is 2.81 bits per heavy atom. The lowest BCUT2D eigenvalue weighted by Crippen LogP contribution is -2.38. The summed E-state index contributed by atoms with van der Waals surface area (Å²) in [6.07, 6.45) is 3.95. The van der Waals surface area contributed by atoms with Gasteiger partial charge in [-0.05, 0) is 37.3 Å². The van der Waals surface area contributed by atoms with Crippen LogP contribution in [-0.4, -0.2) is 37.2 Å². The van der Waals surface area contributed by atoms with E-state index in [1.807, 2.05) is 39.7 Å². The standard InChI is InChI=1S/C19H23N5OS/c1-13(2)12-16-20-21-19-24(16)22-17(26-19)15-10-6-7-11-23(15)18(25)14-8-4-3-5-9-14/h3-5,8-9,13,15H,6-7,10-12H2,1-2H3. The highest BCUT2D eigenvalue weighted by atomic mass is 32.1. The van der Waals surface area contributed by atoms with Crippen LogP contribution in [0.1, 0.15) is 60.3 Å². The second-order valence-electron chi connectivity index (χ2n) is 7.23. The lowest BCUT2D eigenvalue weighted by molar-refractivity contribution is 0.0610. The normalized spacial score (nSPS) is 18.0. The van der Waals surface area contributed by atoms with E-state index in [1.54, 1.807) is 11.3 Å². The first-order chi connectivity index (χ1) is 12.6. The van der Waals surface area contributed by atoms with E-state index in [0.29, 0.717) is 5.92 Å². The monoisotopic (exact) mass is 369 g/mol. The molecule has 3 aromatic rings. The van der Waals surface area contributed by atoms with Crippen LogP contribution in [0.3, 0.4) is 0 Å². The number of aromatic nitrogens is 4. The van der Waals surface area contributed by atoms with Crippen molar-refractivity contribution in [2.75, 3.05) is 6.54 Å². The zero-order chi connectivity index (χ0) is 18.1. The van der Waals surface area contributed by atoms with Gasteiger partial charge in [-0.2, -0.15) is 9.61 Å². The number of carbonyl (C=O) groups excluding carboxylic acids is 1. The van der Waals surface area contributed by atoms with Gasteiger partial charge in [-0.15, -0.1) is 10.2 Å². The van der Waals surface area contributed by atoms with E-state index in [9.17, 15) is 4.79 Å². The highest BCUT2D eigenvalue weighted by Crippen LogP contribution is 2.34. The fourth-order valence-corrected chi connectivity index (χ4v) is 4.48. The fourth-order valence-electron chi connectivity index (χ4n) is 3.48. The lowest BCUT2D eigenvalue weighted by Gasteiger charge is -2.34. The Balaban J connectivity index is 1.65. The van der Waals surface area contributed by atoms with Gasteiger partial charge in [0.25, 0.3) is 5.91 Å². The minimum Gasteiger partial charge on any atom is -0.329 e. The highest BCUT2D eigenvalue weighted by Gasteiger charge is 2.31. The fraction of sp³-hybridized carbons (Fsp3) is 0.474. The molecule has 2 aromatic heterocycles. The summed E-state index contributed by atoms with van der Waals surface area (Å²) in [6, 6.07) is 9.54. The summed E-state index contributed by atoms with van der Waals surface area (Å²) >= 11 is 1.55. The third-order valence-electron chi connectivity index (χ3n) is 4.73. The molecule has 0 bridgehead atoms. The van der Waals surface area contributed by atoms with Gasteiger partial charge in [-0.1, -0.05) is 43.4 Å². The third-order valence-corrected chi connectivity index (χ3v) is 5.73. The lowest BCUT2D eigenvalue weighted by atomic mass is 10.0. The molecule has 1 amide bonds. The van der Waals surface area contributed by atoms with Crippen molar-refractivity contribution in [1.82, 2.24) is 24.7 Å². The van der Waals surface area contributed by atoms with Crippen LogP contribution in [0.5, 0.6) is 0 Å². The summed E-state index contributed by atoms with van der Waals surface area (Å²) in [5, 5.41) is 14.3. The molecular formula is C19H23N5OS. The molecule has 0 aliphatic carbocycles. The molecule has 1 atom stereocenters. The summed E-state index contributed by atoms with van der Waals surface area (Å²) in [7, 11) is 0. The number of hydrogen-bond acceptors (Lipinski definition) is 5. The van der Waals surface area contributed by atoms with E-state index in [4.69, 9.17) is 5.10 Å². The second-order valence-corrected chi connectivity index (χ2v) is 8.21. The van der Waals surface area contributed by atoms with Gasteiger partial charge in [0.05, 0.1) is 6.04 Å². The molecule has 1 unspecified atom stereocenters. The molecule has 0 saturated carbocycles. The molecule has 1 fully saturated rings. The third kappa shape index (κ3) is 3.23. The molecule has 3 heterocycles. The van der Waals surface area contributed by atoms with Gasteiger partial charge >= 0.3 is 0 Å². The van der Waals surface area contributed by atoms with Crippen molar-refractivity contribution in [3.8, 4) is 0 Å². The number of carbonyl (C=O) groups is 1. The number of amides is 1. The van der Waals surface area contributed by atoms with Crippen LogP contribution in [0.25, 0.3) is 4.96 Å². The maximum Gasteiger partial charge on any atom is 0.254 e. The van der Waals surface area contributed by atoms with Crippen LogP contribution in [0.2, 0.25) is 0 Å². The van der Waals surface area contributed by atoms with Crippen molar-refractivity contribution in [3.05, 3.63) is 46.7 Å². The summed E-state index contributed by atoms with van der Waals surface area (Å²) in [5.74, 6) is 1.48. The topological polar surface area (TPSA) is 63.4 Å². The predicted molar refractivity (Wildman–Crippen MR) is 101 cm³/mol.